The summed E-state index contributed by atoms with van der Waals surface area (Å²) in [6.45, 7) is 11.1. The second kappa shape index (κ2) is 15.9. The van der Waals surface area contributed by atoms with Crippen molar-refractivity contribution in [2.24, 2.45) is 11.7 Å². The van der Waals surface area contributed by atoms with Crippen LogP contribution in [0.15, 0.2) is 54.6 Å². The lowest BCUT2D eigenvalue weighted by Gasteiger charge is -2.38. The van der Waals surface area contributed by atoms with Crippen molar-refractivity contribution in [3.05, 3.63) is 76.9 Å². The SMILES string of the molecule is COC(=O)C1NC(=O)[C@H](Cc2ccccc2)/C=C/CNC(=O)[C@H](NC(=O)[C@@H](N)Cc2c(C)cc(O)cc2C)C(C)(C)SSC1(C)C. The number of aromatic hydroxyl groups is 1. The number of carbonyl (C=O) groups is 4. The number of benzene rings is 2. The molecule has 1 aliphatic rings. The molecule has 1 aliphatic heterocycles. The zero-order valence-corrected chi connectivity index (χ0v) is 29.1. The van der Waals surface area contributed by atoms with E-state index in [1.54, 1.807) is 24.3 Å². The van der Waals surface area contributed by atoms with Crippen molar-refractivity contribution >= 4 is 45.3 Å². The van der Waals surface area contributed by atoms with E-state index in [-0.39, 0.29) is 24.6 Å². The Morgan fingerprint density at radius 1 is 1.04 bits per heavy atom. The largest absolute Gasteiger partial charge is 0.508 e. The fourth-order valence-corrected chi connectivity index (χ4v) is 8.02. The maximum absolute atomic E-state index is 13.7. The van der Waals surface area contributed by atoms with Gasteiger partial charge >= 0.3 is 5.97 Å². The Hall–Kier alpha value is -3.48. The molecule has 0 spiro atoms. The van der Waals surface area contributed by atoms with Gasteiger partial charge in [-0.05, 0) is 88.8 Å². The predicted octanol–water partition coefficient (Wildman–Crippen LogP) is 3.50. The molecule has 0 bridgehead atoms. The Morgan fingerprint density at radius 2 is 1.65 bits per heavy atom. The molecule has 10 nitrogen and oxygen atoms in total. The highest BCUT2D eigenvalue weighted by atomic mass is 33.1. The van der Waals surface area contributed by atoms with E-state index >= 15 is 0 Å². The molecule has 0 radical (unpaired) electrons. The van der Waals surface area contributed by atoms with Crippen molar-refractivity contribution < 1.29 is 29.0 Å². The van der Waals surface area contributed by atoms with E-state index in [2.05, 4.69) is 16.0 Å². The highest BCUT2D eigenvalue weighted by molar-refractivity contribution is 8.77. The van der Waals surface area contributed by atoms with Crippen molar-refractivity contribution in [3.63, 3.8) is 0 Å². The van der Waals surface area contributed by atoms with Crippen LogP contribution in [-0.2, 0) is 36.8 Å². The first-order valence-corrected chi connectivity index (χ1v) is 17.3. The van der Waals surface area contributed by atoms with Gasteiger partial charge in [0.2, 0.25) is 17.7 Å². The summed E-state index contributed by atoms with van der Waals surface area (Å²) in [7, 11) is 3.91. The Balaban J connectivity index is 1.92. The molecule has 1 heterocycles. The third-order valence-corrected chi connectivity index (χ3v) is 12.2. The lowest BCUT2D eigenvalue weighted by atomic mass is 9.95. The fraction of sp³-hybridized carbons (Fsp3) is 0.471. The summed E-state index contributed by atoms with van der Waals surface area (Å²) < 4.78 is 3.32. The zero-order valence-electron chi connectivity index (χ0n) is 27.5. The Labute approximate surface area is 279 Å². The number of carbonyl (C=O) groups excluding carboxylic acids is 4. The van der Waals surface area contributed by atoms with Gasteiger partial charge in [0.1, 0.15) is 17.8 Å². The third-order valence-electron chi connectivity index (χ3n) is 7.97. The second-order valence-corrected chi connectivity index (χ2v) is 16.1. The van der Waals surface area contributed by atoms with Crippen molar-refractivity contribution in [1.82, 2.24) is 16.0 Å². The van der Waals surface area contributed by atoms with Gasteiger partial charge in [-0.25, -0.2) is 4.79 Å². The molecule has 4 atom stereocenters. The van der Waals surface area contributed by atoms with Crippen molar-refractivity contribution in [3.8, 4) is 5.75 Å². The number of aryl methyl sites for hydroxylation is 2. The van der Waals surface area contributed by atoms with Crippen LogP contribution in [0.1, 0.15) is 49.9 Å². The molecule has 0 saturated carbocycles. The second-order valence-electron chi connectivity index (χ2n) is 12.6. The Kier molecular flexibility index (Phi) is 12.8. The number of hydrogen-bond donors (Lipinski definition) is 5. The molecule has 12 heteroatoms. The van der Waals surface area contributed by atoms with Gasteiger partial charge < -0.3 is 31.5 Å². The summed E-state index contributed by atoms with van der Waals surface area (Å²) in [5.41, 5.74) is 9.79. The van der Waals surface area contributed by atoms with E-state index in [1.165, 1.54) is 28.7 Å². The number of rotatable bonds is 7. The van der Waals surface area contributed by atoms with Crippen molar-refractivity contribution in [1.29, 1.82) is 0 Å². The Morgan fingerprint density at radius 3 is 2.26 bits per heavy atom. The van der Waals surface area contributed by atoms with Crippen LogP contribution < -0.4 is 21.7 Å². The van der Waals surface area contributed by atoms with E-state index in [9.17, 15) is 24.3 Å². The summed E-state index contributed by atoms with van der Waals surface area (Å²) in [5.74, 6) is -2.32. The highest BCUT2D eigenvalue weighted by Gasteiger charge is 2.44. The topological polar surface area (TPSA) is 160 Å². The fourth-order valence-electron chi connectivity index (χ4n) is 5.21. The van der Waals surface area contributed by atoms with Gasteiger partial charge in [-0.15, -0.1) is 0 Å². The molecule has 46 heavy (non-hydrogen) atoms. The van der Waals surface area contributed by atoms with Crippen LogP contribution in [0.4, 0.5) is 0 Å². The van der Waals surface area contributed by atoms with Gasteiger partial charge in [0, 0.05) is 11.3 Å². The first-order chi connectivity index (χ1) is 21.6. The van der Waals surface area contributed by atoms with Crippen LogP contribution >= 0.6 is 21.6 Å². The molecule has 1 unspecified atom stereocenters. The van der Waals surface area contributed by atoms with Gasteiger partial charge in [0.25, 0.3) is 0 Å². The highest BCUT2D eigenvalue weighted by Crippen LogP contribution is 2.47. The van der Waals surface area contributed by atoms with Crippen LogP contribution in [0.3, 0.4) is 0 Å². The number of nitrogens with two attached hydrogens (primary N) is 1. The zero-order chi connectivity index (χ0) is 34.2. The Bertz CT molecular complexity index is 1420. The van der Waals surface area contributed by atoms with Crippen LogP contribution in [-0.4, -0.2) is 70.1 Å². The van der Waals surface area contributed by atoms with Crippen LogP contribution in [0.5, 0.6) is 5.75 Å². The molecule has 3 rings (SSSR count). The quantitative estimate of drug-likeness (QED) is 0.169. The van der Waals surface area contributed by atoms with Gasteiger partial charge in [0.05, 0.1) is 23.8 Å². The molecular weight excluding hydrogens is 625 g/mol. The van der Waals surface area contributed by atoms with Gasteiger partial charge in [-0.2, -0.15) is 0 Å². The molecule has 0 saturated heterocycles. The number of amides is 3. The standard InChI is InChI=1S/C34H46N4O6S2/c1-20-16-24(39)17-21(2)25(20)19-26(35)30(41)37-27-31(42)36-15-11-14-23(18-22-12-9-8-10-13-22)29(40)38-28(32(43)44-7)34(5,6)46-45-33(27,3)4/h8-14,16-17,23,26-28,39H,15,18-19,35H2,1-7H3,(H,36,42)(H,37,41)(H,38,40)/b14-11+/t23-,26-,27-,28?/m0/s1. The average Bonchev–Trinajstić information content (AvgIpc) is 3.00. The summed E-state index contributed by atoms with van der Waals surface area (Å²) >= 11 is 0. The number of esters is 1. The molecule has 0 fully saturated rings. The maximum Gasteiger partial charge on any atom is 0.329 e. The average molecular weight is 671 g/mol. The summed E-state index contributed by atoms with van der Waals surface area (Å²) in [4.78, 5) is 53.7. The van der Waals surface area contributed by atoms with Crippen LogP contribution in [0, 0.1) is 19.8 Å². The molecule has 2 aromatic rings. The van der Waals surface area contributed by atoms with Crippen LogP contribution in [0.25, 0.3) is 0 Å². The summed E-state index contributed by atoms with van der Waals surface area (Å²) in [6, 6.07) is 9.82. The van der Waals surface area contributed by atoms with Gasteiger partial charge in [-0.3, -0.25) is 14.4 Å². The molecule has 250 valence electrons. The van der Waals surface area contributed by atoms with Crippen LogP contribution in [0.2, 0.25) is 0 Å². The van der Waals surface area contributed by atoms with Gasteiger partial charge in [-0.1, -0.05) is 64.1 Å². The molecular formula is C34H46N4O6S2. The lowest BCUT2D eigenvalue weighted by molar-refractivity contribution is -0.146. The minimum atomic E-state index is -1.00. The van der Waals surface area contributed by atoms with Crippen molar-refractivity contribution in [2.45, 2.75) is 82.0 Å². The maximum atomic E-state index is 13.7. The molecule has 3 amide bonds. The van der Waals surface area contributed by atoms with E-state index in [1.807, 2.05) is 71.9 Å². The minimum Gasteiger partial charge on any atom is -0.508 e. The smallest absolute Gasteiger partial charge is 0.329 e. The lowest BCUT2D eigenvalue weighted by Crippen LogP contribution is -2.59. The molecule has 0 aliphatic carbocycles. The normalized spacial score (nSPS) is 23.2. The van der Waals surface area contributed by atoms with Gasteiger partial charge in [0.15, 0.2) is 0 Å². The summed E-state index contributed by atoms with van der Waals surface area (Å²) in [6.07, 6.45) is 4.02. The number of phenols is 1. The number of phenolic OH excluding ortho intramolecular Hbond substituents is 1. The number of ether oxygens (including phenoxy) is 1. The summed E-state index contributed by atoms with van der Waals surface area (Å²) in [5, 5.41) is 18.6. The molecule has 2 aromatic carbocycles. The minimum absolute atomic E-state index is 0.113. The van der Waals surface area contributed by atoms with E-state index in [0.29, 0.717) is 6.42 Å². The molecule has 0 aromatic heterocycles. The first kappa shape index (κ1) is 37.0. The third kappa shape index (κ3) is 9.76. The molecule has 6 N–H and O–H groups in total. The van der Waals surface area contributed by atoms with Crippen molar-refractivity contribution in [2.75, 3.05) is 13.7 Å². The first-order valence-electron chi connectivity index (χ1n) is 15.1. The number of methoxy groups -OCH3 is 1. The monoisotopic (exact) mass is 670 g/mol. The van der Waals surface area contributed by atoms with E-state index < -0.39 is 51.3 Å². The predicted molar refractivity (Wildman–Crippen MR) is 184 cm³/mol. The number of nitrogens with one attached hydrogen (secondary N) is 3. The van der Waals surface area contributed by atoms with E-state index in [0.717, 1.165) is 22.3 Å². The number of hydrogen-bond acceptors (Lipinski definition) is 9. The van der Waals surface area contributed by atoms with E-state index in [4.69, 9.17) is 10.5 Å².